The van der Waals surface area contributed by atoms with Crippen molar-refractivity contribution in [3.05, 3.63) is 24.3 Å². The van der Waals surface area contributed by atoms with Gasteiger partial charge < -0.3 is 23.1 Å². The number of allylic oxidation sites excluding steroid dienone is 2. The normalized spacial score (nSPS) is 33.1. The molecule has 2 aliphatic carbocycles. The number of rotatable bonds is 9. The number of carbonyl (C=O) groups is 3. The van der Waals surface area contributed by atoms with Crippen molar-refractivity contribution in [2.24, 2.45) is 23.2 Å². The van der Waals surface area contributed by atoms with Crippen molar-refractivity contribution < 1.29 is 37.4 Å². The van der Waals surface area contributed by atoms with Crippen molar-refractivity contribution in [3.8, 4) is 0 Å². The first-order valence-corrected chi connectivity index (χ1v) is 22.1. The van der Waals surface area contributed by atoms with Gasteiger partial charge in [-0.1, -0.05) is 60.6 Å². The van der Waals surface area contributed by atoms with Gasteiger partial charge >= 0.3 is 11.9 Å². The van der Waals surface area contributed by atoms with Crippen molar-refractivity contribution in [2.45, 2.75) is 142 Å². The number of fused-ring (bicyclic) bond motifs is 1. The minimum absolute atomic E-state index is 0.0748. The Bertz CT molecular complexity index is 1130. The molecule has 0 aromatic carbocycles. The second kappa shape index (κ2) is 13.3. The monoisotopic (exact) mass is 650 g/mol. The van der Waals surface area contributed by atoms with E-state index in [1.807, 2.05) is 6.92 Å². The zero-order chi connectivity index (χ0) is 33.5. The van der Waals surface area contributed by atoms with Crippen LogP contribution in [0.5, 0.6) is 0 Å². The van der Waals surface area contributed by atoms with E-state index in [1.165, 1.54) is 19.1 Å². The third-order valence-corrected chi connectivity index (χ3v) is 20.1. The van der Waals surface area contributed by atoms with Crippen LogP contribution in [-0.4, -0.2) is 65.6 Å². The molecule has 1 aliphatic heterocycles. The highest BCUT2D eigenvalue weighted by Crippen LogP contribution is 2.59. The second-order valence-corrected chi connectivity index (χ2v) is 25.5. The molecule has 0 aromatic heterocycles. The quantitative estimate of drug-likeness (QED) is 0.145. The average molecular weight is 651 g/mol. The number of carbonyl (C=O) groups excluding carboxylic acids is 3. The van der Waals surface area contributed by atoms with Gasteiger partial charge in [0.1, 0.15) is 6.10 Å². The summed E-state index contributed by atoms with van der Waals surface area (Å²) in [4.78, 5) is 39.3. The molecule has 0 aromatic rings. The molecular formula is C34H58O8Si2. The van der Waals surface area contributed by atoms with Crippen LogP contribution < -0.4 is 0 Å². The minimum Gasteiger partial charge on any atom is -0.466 e. The molecule has 10 heteroatoms. The van der Waals surface area contributed by atoms with Crippen LogP contribution in [-0.2, 0) is 37.4 Å². The number of hydrogen-bond acceptors (Lipinski definition) is 8. The molecule has 8 nitrogen and oxygen atoms in total. The summed E-state index contributed by atoms with van der Waals surface area (Å²) in [7, 11) is -4.75. The van der Waals surface area contributed by atoms with E-state index < -0.39 is 52.6 Å². The fourth-order valence-corrected chi connectivity index (χ4v) is 9.23. The summed E-state index contributed by atoms with van der Waals surface area (Å²) in [6.45, 7) is 27.9. The summed E-state index contributed by atoms with van der Waals surface area (Å²) in [5.41, 5.74) is -0.849. The molecule has 0 saturated heterocycles. The summed E-state index contributed by atoms with van der Waals surface area (Å²) in [6.07, 6.45) is 6.27. The molecule has 0 bridgehead atoms. The Morgan fingerprint density at radius 2 is 1.55 bits per heavy atom. The van der Waals surface area contributed by atoms with Gasteiger partial charge in [-0.3, -0.25) is 14.4 Å². The van der Waals surface area contributed by atoms with Crippen molar-refractivity contribution >= 4 is 34.4 Å². The Morgan fingerprint density at radius 3 is 2.07 bits per heavy atom. The molecule has 1 saturated carbocycles. The first-order valence-electron chi connectivity index (χ1n) is 16.3. The van der Waals surface area contributed by atoms with Gasteiger partial charge in [0, 0.05) is 12.8 Å². The third kappa shape index (κ3) is 7.35. The molecule has 1 fully saturated rings. The predicted octanol–water partition coefficient (Wildman–Crippen LogP) is 7.35. The van der Waals surface area contributed by atoms with Gasteiger partial charge in [-0.15, -0.1) is 0 Å². The minimum atomic E-state index is -2.38. The standard InChI is InChI=1S/C34H58O8Si2/c1-14-38-31(37)34-20-16-15-17-25(34)24(21-27-26(36)18-19-28(40-27)39-23(3)35)30(42-44(12,13)33(7,8)9)29(22(34)2)41-43(10,11)32(4,5)6/h15,17-19,22,24-25,27-30H,14,16,20-21H2,1-13H3/t22-,24+,25-,27?,28?,29-,30-,34-/m1/s1. The van der Waals surface area contributed by atoms with E-state index in [9.17, 15) is 14.4 Å². The molecular weight excluding hydrogens is 593 g/mol. The summed E-state index contributed by atoms with van der Waals surface area (Å²) >= 11 is 0. The van der Waals surface area contributed by atoms with Crippen LogP contribution >= 0.6 is 0 Å². The fraction of sp³-hybridized carbons (Fsp3) is 0.794. The van der Waals surface area contributed by atoms with E-state index >= 15 is 0 Å². The molecule has 44 heavy (non-hydrogen) atoms. The van der Waals surface area contributed by atoms with Gasteiger partial charge in [0.05, 0.1) is 24.2 Å². The fourth-order valence-electron chi connectivity index (χ4n) is 6.52. The lowest BCUT2D eigenvalue weighted by molar-refractivity contribution is -0.199. The lowest BCUT2D eigenvalue weighted by Gasteiger charge is -2.60. The van der Waals surface area contributed by atoms with E-state index in [0.29, 0.717) is 12.8 Å². The van der Waals surface area contributed by atoms with E-state index in [4.69, 9.17) is 23.1 Å². The van der Waals surface area contributed by atoms with E-state index in [1.54, 1.807) is 0 Å². The number of ether oxygens (including phenoxy) is 3. The molecule has 8 atom stereocenters. The van der Waals surface area contributed by atoms with Crippen LogP contribution in [0.4, 0.5) is 0 Å². The topological polar surface area (TPSA) is 97.4 Å². The van der Waals surface area contributed by atoms with Gasteiger partial charge in [0.15, 0.2) is 22.4 Å². The highest BCUT2D eigenvalue weighted by molar-refractivity contribution is 6.74. The molecule has 1 heterocycles. The first kappa shape index (κ1) is 36.9. The van der Waals surface area contributed by atoms with Gasteiger partial charge in [0.2, 0.25) is 6.29 Å². The second-order valence-electron chi connectivity index (χ2n) is 16.0. The zero-order valence-electron chi connectivity index (χ0n) is 29.4. The maximum atomic E-state index is 14.2. The van der Waals surface area contributed by atoms with Gasteiger partial charge in [-0.2, -0.15) is 0 Å². The van der Waals surface area contributed by atoms with Crippen molar-refractivity contribution in [1.29, 1.82) is 0 Å². The Morgan fingerprint density at radius 1 is 0.977 bits per heavy atom. The molecule has 3 aliphatic rings. The van der Waals surface area contributed by atoms with Crippen LogP contribution in [0.3, 0.4) is 0 Å². The molecule has 3 rings (SSSR count). The number of ketones is 1. The molecule has 2 unspecified atom stereocenters. The molecule has 0 N–H and O–H groups in total. The van der Waals surface area contributed by atoms with Crippen molar-refractivity contribution in [1.82, 2.24) is 0 Å². The highest BCUT2D eigenvalue weighted by Gasteiger charge is 2.64. The van der Waals surface area contributed by atoms with Crippen LogP contribution in [0.15, 0.2) is 24.3 Å². The van der Waals surface area contributed by atoms with E-state index in [0.717, 1.165) is 6.42 Å². The third-order valence-electron chi connectivity index (χ3n) is 11.1. The lowest BCUT2D eigenvalue weighted by Crippen LogP contribution is -2.67. The van der Waals surface area contributed by atoms with Crippen molar-refractivity contribution in [2.75, 3.05) is 6.61 Å². The van der Waals surface area contributed by atoms with Crippen LogP contribution in [0.2, 0.25) is 36.3 Å². The number of esters is 2. The maximum absolute atomic E-state index is 14.2. The SMILES string of the molecule is CCOC(=O)[C@@]12CCC=C[C@@H]1[C@H](CC1OC(OC(C)=O)C=CC1=O)[C@@H](O[Si](C)(C)C(C)(C)C)[C@H](O[Si](C)(C)C(C)(C)C)[C@H]2C. The summed E-state index contributed by atoms with van der Waals surface area (Å²) < 4.78 is 32.0. The first-order chi connectivity index (χ1) is 20.1. The van der Waals surface area contributed by atoms with Crippen molar-refractivity contribution in [3.63, 3.8) is 0 Å². The zero-order valence-corrected chi connectivity index (χ0v) is 31.4. The van der Waals surface area contributed by atoms with Gasteiger partial charge in [0.25, 0.3) is 0 Å². The largest absolute Gasteiger partial charge is 0.466 e. The maximum Gasteiger partial charge on any atom is 0.313 e. The summed E-state index contributed by atoms with van der Waals surface area (Å²) in [5, 5.41) is -0.157. The average Bonchev–Trinajstić information content (AvgIpc) is 2.88. The molecule has 250 valence electrons. The summed E-state index contributed by atoms with van der Waals surface area (Å²) in [6, 6.07) is 0. The van der Waals surface area contributed by atoms with Crippen LogP contribution in [0.25, 0.3) is 0 Å². The smallest absolute Gasteiger partial charge is 0.313 e. The lowest BCUT2D eigenvalue weighted by atomic mass is 9.51. The van der Waals surface area contributed by atoms with Crippen LogP contribution in [0.1, 0.15) is 81.6 Å². The predicted molar refractivity (Wildman–Crippen MR) is 177 cm³/mol. The Kier molecular flexibility index (Phi) is 11.1. The Hall–Kier alpha value is -1.60. The Balaban J connectivity index is 2.24. The number of hydrogen-bond donors (Lipinski definition) is 0. The molecule has 0 spiro atoms. The van der Waals surface area contributed by atoms with E-state index in [2.05, 4.69) is 86.8 Å². The highest BCUT2D eigenvalue weighted by atomic mass is 28.4. The molecule has 0 radical (unpaired) electrons. The van der Waals surface area contributed by atoms with E-state index in [-0.39, 0.29) is 46.2 Å². The summed E-state index contributed by atoms with van der Waals surface area (Å²) in [5.74, 6) is -1.65. The van der Waals surface area contributed by atoms with Crippen LogP contribution in [0, 0.1) is 23.2 Å². The van der Waals surface area contributed by atoms with Gasteiger partial charge in [-0.05, 0) is 86.4 Å². The van der Waals surface area contributed by atoms with Gasteiger partial charge in [-0.25, -0.2) is 0 Å². The molecule has 0 amide bonds. The Labute approximate surface area is 267 Å².